The molecular weight excluding hydrogens is 314 g/mol. The van der Waals surface area contributed by atoms with Crippen molar-refractivity contribution in [3.8, 4) is 0 Å². The molecule has 1 amide bonds. The number of carbonyl (C=O) groups excluding carboxylic acids is 1. The molecule has 0 spiro atoms. The number of pyridine rings is 1. The first-order valence-corrected chi connectivity index (χ1v) is 6.96. The van der Waals surface area contributed by atoms with Crippen LogP contribution >= 0.6 is 23.2 Å². The van der Waals surface area contributed by atoms with Crippen LogP contribution in [-0.4, -0.2) is 22.8 Å². The topological polar surface area (TPSA) is 33.2 Å². The summed E-state index contributed by atoms with van der Waals surface area (Å²) in [5.74, 6) is -0.715. The van der Waals surface area contributed by atoms with Crippen LogP contribution in [0.4, 0.5) is 4.39 Å². The van der Waals surface area contributed by atoms with Gasteiger partial charge in [0.05, 0.1) is 0 Å². The van der Waals surface area contributed by atoms with E-state index in [0.717, 1.165) is 0 Å². The lowest BCUT2D eigenvalue weighted by Gasteiger charge is -2.18. The van der Waals surface area contributed by atoms with Crippen LogP contribution in [-0.2, 0) is 6.54 Å². The van der Waals surface area contributed by atoms with Crippen LogP contribution < -0.4 is 0 Å². The lowest BCUT2D eigenvalue weighted by Crippen LogP contribution is -2.27. The maximum Gasteiger partial charge on any atom is 0.254 e. The van der Waals surface area contributed by atoms with Crippen LogP contribution in [0.2, 0.25) is 10.2 Å². The third-order valence-corrected chi connectivity index (χ3v) is 3.52. The van der Waals surface area contributed by atoms with E-state index in [2.05, 4.69) is 4.98 Å². The Balaban J connectivity index is 2.24. The molecule has 1 aromatic heterocycles. The predicted molar refractivity (Wildman–Crippen MR) is 81.2 cm³/mol. The standard InChI is InChI=1S/C15H13Cl2FN2O/c1-9-6-10(7-14(17)19-9)15(21)20(2)8-11-12(16)4-3-5-13(11)18/h3-7H,8H2,1-2H3. The van der Waals surface area contributed by atoms with Crippen molar-refractivity contribution in [1.82, 2.24) is 9.88 Å². The molecule has 1 heterocycles. The quantitative estimate of drug-likeness (QED) is 0.795. The van der Waals surface area contributed by atoms with Gasteiger partial charge in [0.1, 0.15) is 11.0 Å². The van der Waals surface area contributed by atoms with Gasteiger partial charge in [-0.05, 0) is 31.2 Å². The van der Waals surface area contributed by atoms with Crippen LogP contribution in [0.3, 0.4) is 0 Å². The minimum absolute atomic E-state index is 0.0727. The van der Waals surface area contributed by atoms with Crippen molar-refractivity contribution in [2.45, 2.75) is 13.5 Å². The minimum atomic E-state index is -0.439. The van der Waals surface area contributed by atoms with Crippen molar-refractivity contribution in [2.75, 3.05) is 7.05 Å². The molecule has 0 bridgehead atoms. The number of aromatic nitrogens is 1. The minimum Gasteiger partial charge on any atom is -0.337 e. The monoisotopic (exact) mass is 326 g/mol. The zero-order valence-corrected chi connectivity index (χ0v) is 13.0. The Labute approximate surface area is 132 Å². The molecular formula is C15H13Cl2FN2O. The summed E-state index contributed by atoms with van der Waals surface area (Å²) >= 11 is 11.8. The van der Waals surface area contributed by atoms with E-state index >= 15 is 0 Å². The predicted octanol–water partition coefficient (Wildman–Crippen LogP) is 4.11. The van der Waals surface area contributed by atoms with Crippen LogP contribution in [0.15, 0.2) is 30.3 Å². The van der Waals surface area contributed by atoms with Crippen molar-refractivity contribution < 1.29 is 9.18 Å². The molecule has 0 radical (unpaired) electrons. The second-order valence-electron chi connectivity index (χ2n) is 4.68. The molecule has 3 nitrogen and oxygen atoms in total. The fraction of sp³-hybridized carbons (Fsp3) is 0.200. The fourth-order valence-corrected chi connectivity index (χ4v) is 2.44. The summed E-state index contributed by atoms with van der Waals surface area (Å²) in [5.41, 5.74) is 1.33. The Kier molecular flexibility index (Phi) is 4.80. The van der Waals surface area contributed by atoms with Crippen LogP contribution in [0.5, 0.6) is 0 Å². The van der Waals surface area contributed by atoms with Gasteiger partial charge >= 0.3 is 0 Å². The van der Waals surface area contributed by atoms with Gasteiger partial charge in [0.25, 0.3) is 5.91 Å². The zero-order valence-electron chi connectivity index (χ0n) is 11.5. The summed E-state index contributed by atoms with van der Waals surface area (Å²) in [7, 11) is 1.58. The molecule has 0 saturated heterocycles. The van der Waals surface area contributed by atoms with Crippen molar-refractivity contribution in [3.63, 3.8) is 0 Å². The highest BCUT2D eigenvalue weighted by atomic mass is 35.5. The first-order valence-electron chi connectivity index (χ1n) is 6.21. The molecule has 2 aromatic rings. The molecule has 0 N–H and O–H groups in total. The lowest BCUT2D eigenvalue weighted by molar-refractivity contribution is 0.0783. The van der Waals surface area contributed by atoms with Crippen molar-refractivity contribution in [2.24, 2.45) is 0 Å². The molecule has 0 aliphatic heterocycles. The molecule has 2 rings (SSSR count). The molecule has 21 heavy (non-hydrogen) atoms. The van der Waals surface area contributed by atoms with Crippen LogP contribution in [0.1, 0.15) is 21.6 Å². The third-order valence-electron chi connectivity index (χ3n) is 2.97. The zero-order chi connectivity index (χ0) is 15.6. The number of nitrogens with zero attached hydrogens (tertiary/aromatic N) is 2. The lowest BCUT2D eigenvalue weighted by atomic mass is 10.1. The van der Waals surface area contributed by atoms with Crippen molar-refractivity contribution >= 4 is 29.1 Å². The van der Waals surface area contributed by atoms with Crippen LogP contribution in [0.25, 0.3) is 0 Å². The van der Waals surface area contributed by atoms with Gasteiger partial charge in [0.15, 0.2) is 0 Å². The van der Waals surface area contributed by atoms with E-state index in [1.165, 1.54) is 23.1 Å². The maximum atomic E-state index is 13.8. The van der Waals surface area contributed by atoms with Gasteiger partial charge in [0.2, 0.25) is 0 Å². The van der Waals surface area contributed by atoms with Crippen molar-refractivity contribution in [1.29, 1.82) is 0 Å². The number of carbonyl (C=O) groups is 1. The number of halogens is 3. The summed E-state index contributed by atoms with van der Waals surface area (Å²) in [6.45, 7) is 1.82. The first kappa shape index (κ1) is 15.7. The van der Waals surface area contributed by atoms with Gasteiger partial charge in [-0.2, -0.15) is 0 Å². The average Bonchev–Trinajstić information content (AvgIpc) is 2.41. The Bertz CT molecular complexity index is 651. The van der Waals surface area contributed by atoms with E-state index in [0.29, 0.717) is 16.3 Å². The Morgan fingerprint density at radius 2 is 2.05 bits per heavy atom. The largest absolute Gasteiger partial charge is 0.337 e. The third kappa shape index (κ3) is 3.71. The maximum absolute atomic E-state index is 13.8. The van der Waals surface area contributed by atoms with E-state index in [1.807, 2.05) is 0 Å². The van der Waals surface area contributed by atoms with Gasteiger partial charge < -0.3 is 4.90 Å². The molecule has 110 valence electrons. The Hall–Kier alpha value is -1.65. The second-order valence-corrected chi connectivity index (χ2v) is 5.48. The summed E-state index contributed by atoms with van der Waals surface area (Å²) < 4.78 is 13.8. The fourth-order valence-electron chi connectivity index (χ4n) is 1.96. The number of amides is 1. The number of rotatable bonds is 3. The first-order chi connectivity index (χ1) is 9.88. The van der Waals surface area contributed by atoms with E-state index in [1.54, 1.807) is 26.1 Å². The average molecular weight is 327 g/mol. The molecule has 0 atom stereocenters. The summed E-state index contributed by atoms with van der Waals surface area (Å²) in [6, 6.07) is 7.54. The highest BCUT2D eigenvalue weighted by molar-refractivity contribution is 6.31. The Morgan fingerprint density at radius 1 is 1.33 bits per heavy atom. The SMILES string of the molecule is Cc1cc(C(=O)N(C)Cc2c(F)cccc2Cl)cc(Cl)n1. The van der Waals surface area contributed by atoms with Gasteiger partial charge in [-0.25, -0.2) is 9.37 Å². The normalized spacial score (nSPS) is 10.5. The summed E-state index contributed by atoms with van der Waals surface area (Å²) in [6.07, 6.45) is 0. The number of hydrogen-bond acceptors (Lipinski definition) is 2. The molecule has 0 unspecified atom stereocenters. The van der Waals surface area contributed by atoms with Crippen LogP contribution in [0, 0.1) is 12.7 Å². The molecule has 0 fully saturated rings. The highest BCUT2D eigenvalue weighted by Crippen LogP contribution is 2.21. The molecule has 6 heteroatoms. The molecule has 0 aliphatic rings. The molecule has 0 aliphatic carbocycles. The highest BCUT2D eigenvalue weighted by Gasteiger charge is 2.16. The van der Waals surface area contributed by atoms with Gasteiger partial charge in [0, 0.05) is 35.4 Å². The number of benzene rings is 1. The van der Waals surface area contributed by atoms with E-state index < -0.39 is 5.82 Å². The molecule has 1 aromatic carbocycles. The van der Waals surface area contributed by atoms with Gasteiger partial charge in [-0.15, -0.1) is 0 Å². The Morgan fingerprint density at radius 3 is 2.67 bits per heavy atom. The second kappa shape index (κ2) is 6.41. The summed E-state index contributed by atoms with van der Waals surface area (Å²) in [4.78, 5) is 17.7. The van der Waals surface area contributed by atoms with Gasteiger partial charge in [-0.3, -0.25) is 4.79 Å². The smallest absolute Gasteiger partial charge is 0.254 e. The summed E-state index contributed by atoms with van der Waals surface area (Å²) in [5, 5.41) is 0.536. The van der Waals surface area contributed by atoms with E-state index in [-0.39, 0.29) is 23.2 Å². The van der Waals surface area contributed by atoms with E-state index in [9.17, 15) is 9.18 Å². The number of hydrogen-bond donors (Lipinski definition) is 0. The van der Waals surface area contributed by atoms with Gasteiger partial charge in [-0.1, -0.05) is 29.3 Å². The molecule has 0 saturated carbocycles. The van der Waals surface area contributed by atoms with E-state index in [4.69, 9.17) is 23.2 Å². The van der Waals surface area contributed by atoms with Crippen molar-refractivity contribution in [3.05, 3.63) is 63.1 Å². The number of aryl methyl sites for hydroxylation is 1.